The number of aromatic nitrogens is 2. The lowest BCUT2D eigenvalue weighted by molar-refractivity contribution is 0.0920. The maximum atomic E-state index is 13.5. The van der Waals surface area contributed by atoms with E-state index in [-0.39, 0.29) is 17.5 Å². The first kappa shape index (κ1) is 22.0. The molecule has 1 aliphatic heterocycles. The van der Waals surface area contributed by atoms with Crippen LogP contribution in [-0.2, 0) is 27.8 Å². The van der Waals surface area contributed by atoms with Gasteiger partial charge >= 0.3 is 0 Å². The van der Waals surface area contributed by atoms with E-state index in [1.165, 1.54) is 4.31 Å². The van der Waals surface area contributed by atoms with Crippen LogP contribution >= 0.6 is 11.6 Å². The molecule has 3 aromatic rings. The van der Waals surface area contributed by atoms with Crippen molar-refractivity contribution in [3.63, 3.8) is 0 Å². The zero-order chi connectivity index (χ0) is 21.8. The van der Waals surface area contributed by atoms with Crippen LogP contribution in [-0.4, -0.2) is 41.5 Å². The van der Waals surface area contributed by atoms with Crippen LogP contribution in [0.2, 0.25) is 5.02 Å². The first-order chi connectivity index (χ1) is 14.9. The fourth-order valence-electron chi connectivity index (χ4n) is 3.73. The monoisotopic (exact) mass is 459 g/mol. The van der Waals surface area contributed by atoms with E-state index in [2.05, 4.69) is 4.98 Å². The zero-order valence-electron chi connectivity index (χ0n) is 17.4. The van der Waals surface area contributed by atoms with E-state index in [4.69, 9.17) is 16.3 Å². The van der Waals surface area contributed by atoms with Crippen molar-refractivity contribution >= 4 is 21.6 Å². The molecule has 164 valence electrons. The highest BCUT2D eigenvalue weighted by Crippen LogP contribution is 2.23. The van der Waals surface area contributed by atoms with Gasteiger partial charge in [0.05, 0.1) is 24.1 Å². The predicted octanol–water partition coefficient (Wildman–Crippen LogP) is 4.26. The second-order valence-electron chi connectivity index (χ2n) is 7.81. The summed E-state index contributed by atoms with van der Waals surface area (Å²) >= 11 is 6.32. The smallest absolute Gasteiger partial charge is 0.243 e. The molecule has 0 N–H and O–H groups in total. The molecular formula is C23H26ClN3O3S. The van der Waals surface area contributed by atoms with Gasteiger partial charge in [-0.3, -0.25) is 0 Å². The molecule has 1 aliphatic rings. The lowest BCUT2D eigenvalue weighted by Gasteiger charge is -2.25. The van der Waals surface area contributed by atoms with Crippen molar-refractivity contribution < 1.29 is 13.2 Å². The molecule has 1 aromatic heterocycles. The Balaban J connectivity index is 1.62. The molecule has 1 saturated heterocycles. The van der Waals surface area contributed by atoms with Crippen LogP contribution in [0.25, 0.3) is 0 Å². The van der Waals surface area contributed by atoms with Gasteiger partial charge in [0.2, 0.25) is 10.0 Å². The molecule has 1 atom stereocenters. The lowest BCUT2D eigenvalue weighted by atomic mass is 10.2. The second kappa shape index (κ2) is 9.53. The third-order valence-corrected chi connectivity index (χ3v) is 7.70. The number of ether oxygens (including phenoxy) is 1. The van der Waals surface area contributed by atoms with E-state index in [1.807, 2.05) is 54.1 Å². The van der Waals surface area contributed by atoms with Crippen LogP contribution in [0.5, 0.6) is 0 Å². The highest BCUT2D eigenvalue weighted by atomic mass is 35.5. The van der Waals surface area contributed by atoms with E-state index in [0.29, 0.717) is 30.5 Å². The Kier molecular flexibility index (Phi) is 6.77. The maximum absolute atomic E-state index is 13.5. The molecule has 8 heteroatoms. The van der Waals surface area contributed by atoms with E-state index < -0.39 is 10.0 Å². The molecule has 0 aliphatic carbocycles. The minimum Gasteiger partial charge on any atom is -0.377 e. The van der Waals surface area contributed by atoms with Crippen LogP contribution in [0.15, 0.2) is 65.8 Å². The van der Waals surface area contributed by atoms with Gasteiger partial charge in [-0.15, -0.1) is 0 Å². The largest absolute Gasteiger partial charge is 0.377 e. The molecule has 6 nitrogen and oxygen atoms in total. The van der Waals surface area contributed by atoms with Crippen LogP contribution in [0, 0.1) is 6.92 Å². The molecule has 2 heterocycles. The zero-order valence-corrected chi connectivity index (χ0v) is 19.0. The SMILES string of the molecule is Cc1ccc(S(=O)(=O)N(Cc2nccn2Cc2ccccc2Cl)CC2CCCO2)cc1. The number of benzene rings is 2. The second-order valence-corrected chi connectivity index (χ2v) is 10.2. The Morgan fingerprint density at radius 1 is 1.19 bits per heavy atom. The molecule has 0 saturated carbocycles. The first-order valence-corrected chi connectivity index (χ1v) is 12.2. The predicted molar refractivity (Wildman–Crippen MR) is 121 cm³/mol. The van der Waals surface area contributed by atoms with E-state index >= 15 is 0 Å². The van der Waals surface area contributed by atoms with Gasteiger partial charge in [-0.25, -0.2) is 13.4 Å². The fourth-order valence-corrected chi connectivity index (χ4v) is 5.35. The lowest BCUT2D eigenvalue weighted by Crippen LogP contribution is -2.37. The molecule has 4 rings (SSSR count). The van der Waals surface area contributed by atoms with Crippen LogP contribution in [0.4, 0.5) is 0 Å². The maximum Gasteiger partial charge on any atom is 0.243 e. The molecule has 0 amide bonds. The van der Waals surface area contributed by atoms with Gasteiger partial charge in [0.1, 0.15) is 5.82 Å². The number of rotatable bonds is 8. The van der Waals surface area contributed by atoms with Crippen LogP contribution < -0.4 is 0 Å². The number of aryl methyl sites for hydroxylation is 1. The van der Waals surface area contributed by atoms with Crippen molar-refractivity contribution in [2.75, 3.05) is 13.2 Å². The normalized spacial score (nSPS) is 16.8. The van der Waals surface area contributed by atoms with Gasteiger partial charge < -0.3 is 9.30 Å². The minimum atomic E-state index is -3.71. The third-order valence-electron chi connectivity index (χ3n) is 5.51. The summed E-state index contributed by atoms with van der Waals surface area (Å²) in [5.41, 5.74) is 1.97. The number of halogens is 1. The quantitative estimate of drug-likeness (QED) is 0.504. The third kappa shape index (κ3) is 5.18. The molecule has 1 unspecified atom stereocenters. The van der Waals surface area contributed by atoms with Gasteiger partial charge in [0, 0.05) is 30.6 Å². The Morgan fingerprint density at radius 3 is 2.68 bits per heavy atom. The molecule has 31 heavy (non-hydrogen) atoms. The van der Waals surface area contributed by atoms with E-state index in [9.17, 15) is 8.42 Å². The van der Waals surface area contributed by atoms with Crippen molar-refractivity contribution in [3.05, 3.63) is 82.9 Å². The highest BCUT2D eigenvalue weighted by molar-refractivity contribution is 7.89. The highest BCUT2D eigenvalue weighted by Gasteiger charge is 2.30. The number of sulfonamides is 1. The first-order valence-electron chi connectivity index (χ1n) is 10.4. The van der Waals surface area contributed by atoms with Crippen molar-refractivity contribution in [2.45, 2.75) is 43.9 Å². The minimum absolute atomic E-state index is 0.104. The van der Waals surface area contributed by atoms with Gasteiger partial charge in [-0.1, -0.05) is 47.5 Å². The summed E-state index contributed by atoms with van der Waals surface area (Å²) in [5.74, 6) is 0.661. The average Bonchev–Trinajstić information content (AvgIpc) is 3.42. The van der Waals surface area contributed by atoms with Crippen molar-refractivity contribution in [1.29, 1.82) is 0 Å². The Hall–Kier alpha value is -2.19. The molecule has 0 bridgehead atoms. The summed E-state index contributed by atoms with van der Waals surface area (Å²) in [7, 11) is -3.71. The molecular weight excluding hydrogens is 434 g/mol. The fraction of sp³-hybridized carbons (Fsp3) is 0.348. The van der Waals surface area contributed by atoms with E-state index in [1.54, 1.807) is 18.3 Å². The number of nitrogens with zero attached hydrogens (tertiary/aromatic N) is 3. The summed E-state index contributed by atoms with van der Waals surface area (Å²) in [6.45, 7) is 3.59. The molecule has 0 spiro atoms. The van der Waals surface area contributed by atoms with Gasteiger partial charge in [0.15, 0.2) is 0 Å². The number of hydrogen-bond acceptors (Lipinski definition) is 4. The topological polar surface area (TPSA) is 64.4 Å². The van der Waals surface area contributed by atoms with E-state index in [0.717, 1.165) is 24.0 Å². The Bertz CT molecular complexity index is 1120. The standard InChI is InChI=1S/C23H26ClN3O3S/c1-18-8-10-21(11-9-18)31(28,29)27(16-20-6-4-14-30-20)17-23-25-12-13-26(23)15-19-5-2-3-7-22(19)24/h2-3,5,7-13,20H,4,6,14-17H2,1H3. The number of hydrogen-bond donors (Lipinski definition) is 0. The van der Waals surface area contributed by atoms with Gasteiger partial charge in [0.25, 0.3) is 0 Å². The Labute approximate surface area is 188 Å². The molecule has 0 radical (unpaired) electrons. The van der Waals surface area contributed by atoms with Crippen molar-refractivity contribution in [1.82, 2.24) is 13.9 Å². The molecule has 1 fully saturated rings. The van der Waals surface area contributed by atoms with Gasteiger partial charge in [-0.05, 0) is 43.5 Å². The van der Waals surface area contributed by atoms with Crippen LogP contribution in [0.1, 0.15) is 29.8 Å². The van der Waals surface area contributed by atoms with Crippen LogP contribution in [0.3, 0.4) is 0 Å². The average molecular weight is 460 g/mol. The summed E-state index contributed by atoms with van der Waals surface area (Å²) in [4.78, 5) is 4.73. The van der Waals surface area contributed by atoms with Gasteiger partial charge in [-0.2, -0.15) is 4.31 Å². The molecule has 2 aromatic carbocycles. The number of imidazole rings is 1. The van der Waals surface area contributed by atoms with Crippen molar-refractivity contribution in [2.24, 2.45) is 0 Å². The summed E-state index contributed by atoms with van der Waals surface area (Å²) in [5, 5.41) is 0.672. The summed E-state index contributed by atoms with van der Waals surface area (Å²) < 4.78 is 36.2. The Morgan fingerprint density at radius 2 is 1.97 bits per heavy atom. The van der Waals surface area contributed by atoms with Crippen molar-refractivity contribution in [3.8, 4) is 0 Å². The summed E-state index contributed by atoms with van der Waals surface area (Å²) in [6.07, 6.45) is 5.24. The summed E-state index contributed by atoms with van der Waals surface area (Å²) in [6, 6.07) is 14.6.